The standard InChI is InChI=1S/C8H13N3O2S/c1-3-6-7(14-11-10-6)8(13)9-4-5(2)12/h5,12H,3-4H2,1-2H3,(H,9,13)/t5-/m1/s1. The molecule has 78 valence electrons. The zero-order valence-electron chi connectivity index (χ0n) is 8.15. The van der Waals surface area contributed by atoms with Gasteiger partial charge in [0.1, 0.15) is 4.88 Å². The highest BCUT2D eigenvalue weighted by Crippen LogP contribution is 2.10. The summed E-state index contributed by atoms with van der Waals surface area (Å²) in [4.78, 5) is 12.0. The molecular weight excluding hydrogens is 202 g/mol. The van der Waals surface area contributed by atoms with Crippen LogP contribution in [0, 0.1) is 0 Å². The molecule has 1 aromatic rings. The monoisotopic (exact) mass is 215 g/mol. The number of hydrogen-bond acceptors (Lipinski definition) is 5. The molecule has 14 heavy (non-hydrogen) atoms. The van der Waals surface area contributed by atoms with Gasteiger partial charge in [-0.05, 0) is 24.9 Å². The predicted octanol–water partition coefficient (Wildman–Crippen LogP) is 0.211. The van der Waals surface area contributed by atoms with Gasteiger partial charge < -0.3 is 10.4 Å². The topological polar surface area (TPSA) is 75.1 Å². The van der Waals surface area contributed by atoms with E-state index in [-0.39, 0.29) is 12.5 Å². The van der Waals surface area contributed by atoms with Crippen LogP contribution < -0.4 is 5.32 Å². The van der Waals surface area contributed by atoms with Gasteiger partial charge in [-0.3, -0.25) is 4.79 Å². The first kappa shape index (κ1) is 11.1. The van der Waals surface area contributed by atoms with Crippen LogP contribution >= 0.6 is 11.5 Å². The minimum atomic E-state index is -0.537. The minimum absolute atomic E-state index is 0.210. The number of amides is 1. The van der Waals surface area contributed by atoms with Crippen LogP contribution in [0.3, 0.4) is 0 Å². The highest BCUT2D eigenvalue weighted by Gasteiger charge is 2.14. The lowest BCUT2D eigenvalue weighted by molar-refractivity contribution is 0.0927. The summed E-state index contributed by atoms with van der Waals surface area (Å²) >= 11 is 1.08. The fraction of sp³-hybridized carbons (Fsp3) is 0.625. The van der Waals surface area contributed by atoms with Crippen LogP contribution in [-0.4, -0.2) is 33.2 Å². The first-order valence-electron chi connectivity index (χ1n) is 4.42. The van der Waals surface area contributed by atoms with Crippen molar-refractivity contribution in [3.05, 3.63) is 10.6 Å². The van der Waals surface area contributed by atoms with Gasteiger partial charge in [0.25, 0.3) is 5.91 Å². The Balaban J connectivity index is 2.60. The number of carbonyl (C=O) groups is 1. The highest BCUT2D eigenvalue weighted by atomic mass is 32.1. The molecule has 0 saturated heterocycles. The molecule has 0 aromatic carbocycles. The zero-order valence-corrected chi connectivity index (χ0v) is 8.97. The predicted molar refractivity (Wildman–Crippen MR) is 53.3 cm³/mol. The molecule has 0 aliphatic rings. The average molecular weight is 215 g/mol. The summed E-state index contributed by atoms with van der Waals surface area (Å²) in [7, 11) is 0. The number of carbonyl (C=O) groups excluding carboxylic acids is 1. The number of nitrogens with zero attached hydrogens (tertiary/aromatic N) is 2. The molecular formula is C8H13N3O2S. The third-order valence-electron chi connectivity index (χ3n) is 1.65. The summed E-state index contributed by atoms with van der Waals surface area (Å²) in [5, 5.41) is 15.4. The molecule has 0 unspecified atom stereocenters. The molecule has 1 heterocycles. The van der Waals surface area contributed by atoms with Crippen LogP contribution in [0.2, 0.25) is 0 Å². The maximum absolute atomic E-state index is 11.5. The lowest BCUT2D eigenvalue weighted by Gasteiger charge is -2.05. The van der Waals surface area contributed by atoms with Crippen LogP contribution in [-0.2, 0) is 6.42 Å². The van der Waals surface area contributed by atoms with Crippen LogP contribution in [0.5, 0.6) is 0 Å². The third kappa shape index (κ3) is 2.74. The molecule has 0 radical (unpaired) electrons. The Morgan fingerprint density at radius 1 is 1.71 bits per heavy atom. The average Bonchev–Trinajstić information content (AvgIpc) is 2.61. The molecule has 0 aliphatic carbocycles. The molecule has 2 N–H and O–H groups in total. The molecule has 5 nitrogen and oxygen atoms in total. The molecule has 1 amide bonds. The van der Waals surface area contributed by atoms with Gasteiger partial charge in [-0.1, -0.05) is 11.4 Å². The van der Waals surface area contributed by atoms with Crippen molar-refractivity contribution in [3.8, 4) is 0 Å². The van der Waals surface area contributed by atoms with Crippen molar-refractivity contribution in [2.75, 3.05) is 6.54 Å². The van der Waals surface area contributed by atoms with Gasteiger partial charge in [0, 0.05) is 6.54 Å². The maximum Gasteiger partial charge on any atom is 0.265 e. The Labute approximate surface area is 86.3 Å². The summed E-state index contributed by atoms with van der Waals surface area (Å²) in [6.45, 7) is 3.79. The molecule has 1 rings (SSSR count). The van der Waals surface area contributed by atoms with Gasteiger partial charge in [0.05, 0.1) is 11.8 Å². The number of aliphatic hydroxyl groups excluding tert-OH is 1. The first-order chi connectivity index (χ1) is 6.65. The number of rotatable bonds is 4. The smallest absolute Gasteiger partial charge is 0.265 e. The van der Waals surface area contributed by atoms with Crippen LogP contribution in [0.15, 0.2) is 0 Å². The molecule has 1 aromatic heterocycles. The fourth-order valence-corrected chi connectivity index (χ4v) is 1.60. The SMILES string of the molecule is CCc1nnsc1C(=O)NC[C@@H](C)O. The van der Waals surface area contributed by atoms with E-state index in [1.165, 1.54) is 0 Å². The lowest BCUT2D eigenvalue weighted by atomic mass is 10.3. The molecule has 0 bridgehead atoms. The summed E-state index contributed by atoms with van der Waals surface area (Å²) < 4.78 is 3.71. The van der Waals surface area contributed by atoms with Crippen LogP contribution in [0.25, 0.3) is 0 Å². The van der Waals surface area contributed by atoms with E-state index in [4.69, 9.17) is 5.11 Å². The summed E-state index contributed by atoms with van der Waals surface area (Å²) in [6, 6.07) is 0. The first-order valence-corrected chi connectivity index (χ1v) is 5.20. The van der Waals surface area contributed by atoms with Gasteiger partial charge in [0.15, 0.2) is 0 Å². The van der Waals surface area contributed by atoms with Crippen molar-refractivity contribution in [1.29, 1.82) is 0 Å². The van der Waals surface area contributed by atoms with Crippen molar-refractivity contribution < 1.29 is 9.90 Å². The maximum atomic E-state index is 11.5. The second kappa shape index (κ2) is 5.02. The number of aliphatic hydroxyl groups is 1. The van der Waals surface area contributed by atoms with Crippen LogP contribution in [0.1, 0.15) is 29.2 Å². The largest absolute Gasteiger partial charge is 0.392 e. The Bertz CT molecular complexity index is 311. The third-order valence-corrected chi connectivity index (χ3v) is 2.42. The van der Waals surface area contributed by atoms with Gasteiger partial charge in [-0.25, -0.2) is 0 Å². The Hall–Kier alpha value is -1.01. The van der Waals surface area contributed by atoms with Crippen molar-refractivity contribution >= 4 is 17.4 Å². The Morgan fingerprint density at radius 3 is 3.00 bits per heavy atom. The van der Waals surface area contributed by atoms with E-state index in [1.807, 2.05) is 6.92 Å². The summed E-state index contributed by atoms with van der Waals surface area (Å²) in [6.07, 6.45) is 0.151. The van der Waals surface area contributed by atoms with Gasteiger partial charge in [0.2, 0.25) is 0 Å². The number of nitrogens with one attached hydrogen (secondary N) is 1. The van der Waals surface area contributed by atoms with Crippen molar-refractivity contribution in [2.24, 2.45) is 0 Å². The van der Waals surface area contributed by atoms with Crippen LogP contribution in [0.4, 0.5) is 0 Å². The summed E-state index contributed by atoms with van der Waals surface area (Å²) in [5.41, 5.74) is 0.707. The van der Waals surface area contributed by atoms with E-state index in [0.29, 0.717) is 17.0 Å². The van der Waals surface area contributed by atoms with Crippen molar-refractivity contribution in [3.63, 3.8) is 0 Å². The zero-order chi connectivity index (χ0) is 10.6. The van der Waals surface area contributed by atoms with Gasteiger partial charge in [-0.15, -0.1) is 5.10 Å². The van der Waals surface area contributed by atoms with E-state index in [9.17, 15) is 4.79 Å². The minimum Gasteiger partial charge on any atom is -0.392 e. The highest BCUT2D eigenvalue weighted by molar-refractivity contribution is 7.08. The fourth-order valence-electron chi connectivity index (χ4n) is 0.933. The molecule has 0 fully saturated rings. The molecule has 1 atom stereocenters. The second-order valence-corrected chi connectivity index (χ2v) is 3.72. The summed E-state index contributed by atoms with van der Waals surface area (Å²) in [5.74, 6) is -0.210. The molecule has 0 aliphatic heterocycles. The van der Waals surface area contributed by atoms with E-state index < -0.39 is 6.10 Å². The van der Waals surface area contributed by atoms with E-state index in [1.54, 1.807) is 6.92 Å². The van der Waals surface area contributed by atoms with E-state index in [0.717, 1.165) is 11.5 Å². The number of hydrogen-bond donors (Lipinski definition) is 2. The van der Waals surface area contributed by atoms with E-state index in [2.05, 4.69) is 14.9 Å². The lowest BCUT2D eigenvalue weighted by Crippen LogP contribution is -2.30. The van der Waals surface area contributed by atoms with Gasteiger partial charge >= 0.3 is 0 Å². The number of aryl methyl sites for hydroxylation is 1. The molecule has 6 heteroatoms. The van der Waals surface area contributed by atoms with Gasteiger partial charge in [-0.2, -0.15) is 0 Å². The van der Waals surface area contributed by atoms with Crippen molar-refractivity contribution in [2.45, 2.75) is 26.4 Å². The Kier molecular flexibility index (Phi) is 3.97. The van der Waals surface area contributed by atoms with E-state index >= 15 is 0 Å². The molecule has 0 saturated carbocycles. The second-order valence-electron chi connectivity index (χ2n) is 2.96. The molecule has 0 spiro atoms. The normalized spacial score (nSPS) is 12.5. The van der Waals surface area contributed by atoms with Crippen molar-refractivity contribution in [1.82, 2.24) is 14.9 Å². The quantitative estimate of drug-likeness (QED) is 0.753. The number of aromatic nitrogens is 2. The Morgan fingerprint density at radius 2 is 2.43 bits per heavy atom.